The van der Waals surface area contributed by atoms with Gasteiger partial charge in [-0.2, -0.15) is 0 Å². The van der Waals surface area contributed by atoms with Crippen molar-refractivity contribution in [3.63, 3.8) is 0 Å². The number of anilines is 1. The fourth-order valence-corrected chi connectivity index (χ4v) is 6.05. The first-order valence-electron chi connectivity index (χ1n) is 11.5. The van der Waals surface area contributed by atoms with Crippen LogP contribution in [-0.2, 0) is 14.3 Å². The zero-order chi connectivity index (χ0) is 24.4. The monoisotopic (exact) mass is 472 g/mol. The summed E-state index contributed by atoms with van der Waals surface area (Å²) in [5.41, 5.74) is 0.452. The highest BCUT2D eigenvalue weighted by Crippen LogP contribution is 2.65. The van der Waals surface area contributed by atoms with Gasteiger partial charge in [0.2, 0.25) is 11.8 Å². The topological polar surface area (TPSA) is 124 Å². The number of Topliss-reactive ketones (excluding diaryl/α,β-unsaturated/α-hetero) is 1. The number of carbonyl (C=O) groups is 4. The number of esters is 1. The van der Waals surface area contributed by atoms with Crippen LogP contribution in [0.15, 0.2) is 60.7 Å². The van der Waals surface area contributed by atoms with E-state index in [-0.39, 0.29) is 52.3 Å². The minimum atomic E-state index is -0.776. The number of nitro groups is 1. The van der Waals surface area contributed by atoms with Gasteiger partial charge in [-0.25, -0.2) is 9.69 Å². The van der Waals surface area contributed by atoms with Crippen molar-refractivity contribution < 1.29 is 28.8 Å². The maximum atomic E-state index is 13.3. The molecule has 7 rings (SSSR count). The molecule has 2 aromatic rings. The van der Waals surface area contributed by atoms with Gasteiger partial charge in [0.25, 0.3) is 5.69 Å². The number of ether oxygens (including phenoxy) is 1. The average molecular weight is 472 g/mol. The Morgan fingerprint density at radius 2 is 1.57 bits per heavy atom. The molecule has 2 saturated carbocycles. The van der Waals surface area contributed by atoms with Gasteiger partial charge in [-0.3, -0.25) is 24.5 Å². The Labute approximate surface area is 199 Å². The molecule has 3 fully saturated rings. The van der Waals surface area contributed by atoms with E-state index < -0.39 is 23.3 Å². The maximum absolute atomic E-state index is 13.3. The quantitative estimate of drug-likeness (QED) is 0.158. The Bertz CT molecular complexity index is 1300. The summed E-state index contributed by atoms with van der Waals surface area (Å²) in [5, 5.41) is 10.7. The van der Waals surface area contributed by atoms with Crippen LogP contribution in [0.5, 0.6) is 0 Å². The van der Waals surface area contributed by atoms with Crippen molar-refractivity contribution >= 4 is 34.9 Å². The van der Waals surface area contributed by atoms with Gasteiger partial charge in [-0.1, -0.05) is 18.2 Å². The summed E-state index contributed by atoms with van der Waals surface area (Å²) in [5.74, 6) is -1.19. The lowest BCUT2D eigenvalue weighted by Gasteiger charge is -2.37. The summed E-state index contributed by atoms with van der Waals surface area (Å²) < 4.78 is 5.13. The molecule has 1 saturated heterocycles. The second kappa shape index (κ2) is 7.69. The third-order valence-corrected chi connectivity index (χ3v) is 7.74. The van der Waals surface area contributed by atoms with E-state index >= 15 is 0 Å². The molecular weight excluding hydrogens is 452 g/mol. The number of hydrogen-bond donors (Lipinski definition) is 0. The highest BCUT2D eigenvalue weighted by molar-refractivity contribution is 6.23. The molecule has 0 radical (unpaired) electrons. The molecule has 1 aliphatic heterocycles. The molecule has 2 bridgehead atoms. The zero-order valence-electron chi connectivity index (χ0n) is 18.4. The number of carbonyl (C=O) groups excluding carboxylic acids is 4. The van der Waals surface area contributed by atoms with Crippen LogP contribution in [0.2, 0.25) is 0 Å². The molecule has 4 aliphatic carbocycles. The summed E-state index contributed by atoms with van der Waals surface area (Å²) in [6, 6.07) is 11.1. The molecule has 0 spiro atoms. The Morgan fingerprint density at radius 3 is 2.17 bits per heavy atom. The molecule has 9 heteroatoms. The first-order chi connectivity index (χ1) is 16.8. The van der Waals surface area contributed by atoms with Crippen molar-refractivity contribution in [1.82, 2.24) is 0 Å². The number of non-ortho nitro benzene ring substituents is 1. The second-order valence-corrected chi connectivity index (χ2v) is 9.52. The van der Waals surface area contributed by atoms with E-state index in [1.807, 2.05) is 0 Å². The fraction of sp³-hybridized carbons (Fsp3) is 0.308. The Morgan fingerprint density at radius 1 is 0.943 bits per heavy atom. The van der Waals surface area contributed by atoms with Crippen molar-refractivity contribution in [2.45, 2.75) is 6.42 Å². The molecule has 1 heterocycles. The Hall–Kier alpha value is -4.14. The summed E-state index contributed by atoms with van der Waals surface area (Å²) in [7, 11) is 0. The van der Waals surface area contributed by atoms with Gasteiger partial charge in [0, 0.05) is 17.7 Å². The van der Waals surface area contributed by atoms with E-state index in [4.69, 9.17) is 4.74 Å². The van der Waals surface area contributed by atoms with Crippen LogP contribution >= 0.6 is 0 Å². The van der Waals surface area contributed by atoms with E-state index in [0.717, 1.165) is 6.42 Å². The van der Waals surface area contributed by atoms with Gasteiger partial charge in [0.15, 0.2) is 12.4 Å². The van der Waals surface area contributed by atoms with Crippen LogP contribution in [0.3, 0.4) is 0 Å². The molecule has 9 nitrogen and oxygen atoms in total. The largest absolute Gasteiger partial charge is 0.454 e. The van der Waals surface area contributed by atoms with Gasteiger partial charge in [0.1, 0.15) is 0 Å². The SMILES string of the molecule is O=C(COC(=O)c1cccc(N2C(=O)[C@@H]3[C@H]4C=C[C@@H]([C@@H]5C[C@H]45)[C@@H]3C2=O)c1)c1ccc([N+](=O)[O-])cc1. The predicted octanol–water partition coefficient (Wildman–Crippen LogP) is 3.19. The van der Waals surface area contributed by atoms with E-state index in [9.17, 15) is 29.3 Å². The lowest BCUT2D eigenvalue weighted by atomic mass is 9.63. The number of allylic oxidation sites excluding steroid dienone is 2. The summed E-state index contributed by atoms with van der Waals surface area (Å²) >= 11 is 0. The minimum Gasteiger partial charge on any atom is -0.454 e. The standard InChI is InChI=1S/C26H20N2O7/c29-21(13-4-6-15(7-5-13)28(33)34)12-35-26(32)14-2-1-3-16(10-14)27-24(30)22-17-8-9-18(20-11-19(17)20)23(22)25(27)31/h1-10,17-20,22-23H,11-12H2/t17-,18-,19-,20+,22-,23+/m0/s1. The molecule has 5 aliphatic rings. The second-order valence-electron chi connectivity index (χ2n) is 9.52. The van der Waals surface area contributed by atoms with Crippen molar-refractivity contribution in [2.75, 3.05) is 11.5 Å². The van der Waals surface area contributed by atoms with Gasteiger partial charge < -0.3 is 4.74 Å². The van der Waals surface area contributed by atoms with Crippen LogP contribution in [-0.4, -0.2) is 35.1 Å². The van der Waals surface area contributed by atoms with Gasteiger partial charge in [-0.15, -0.1) is 0 Å². The minimum absolute atomic E-state index is 0.107. The number of amides is 2. The average Bonchev–Trinajstić information content (AvgIpc) is 3.65. The van der Waals surface area contributed by atoms with Crippen molar-refractivity contribution in [3.05, 3.63) is 81.9 Å². The van der Waals surface area contributed by atoms with Gasteiger partial charge in [0.05, 0.1) is 28.0 Å². The molecular formula is C26H20N2O7. The van der Waals surface area contributed by atoms with Crippen LogP contribution in [0, 0.1) is 45.6 Å². The van der Waals surface area contributed by atoms with E-state index in [1.165, 1.54) is 41.3 Å². The van der Waals surface area contributed by atoms with Crippen LogP contribution in [0.1, 0.15) is 27.1 Å². The number of benzene rings is 2. The first kappa shape index (κ1) is 21.4. The number of rotatable bonds is 6. The van der Waals surface area contributed by atoms with Crippen molar-refractivity contribution in [2.24, 2.45) is 35.5 Å². The van der Waals surface area contributed by atoms with Gasteiger partial charge in [-0.05, 0) is 60.4 Å². The number of hydrogen-bond acceptors (Lipinski definition) is 7. The van der Waals surface area contributed by atoms with Crippen molar-refractivity contribution in [1.29, 1.82) is 0 Å². The predicted molar refractivity (Wildman–Crippen MR) is 121 cm³/mol. The summed E-state index contributed by atoms with van der Waals surface area (Å²) in [6.45, 7) is -0.551. The molecule has 35 heavy (non-hydrogen) atoms. The smallest absolute Gasteiger partial charge is 0.338 e. The Kier molecular flexibility index (Phi) is 4.70. The summed E-state index contributed by atoms with van der Waals surface area (Å²) in [4.78, 5) is 62.9. The molecule has 0 aromatic heterocycles. The highest BCUT2D eigenvalue weighted by Gasteiger charge is 2.67. The van der Waals surface area contributed by atoms with E-state index in [1.54, 1.807) is 12.1 Å². The van der Waals surface area contributed by atoms with E-state index in [0.29, 0.717) is 17.5 Å². The number of nitro benzene ring substituents is 1. The van der Waals surface area contributed by atoms with Crippen LogP contribution in [0.4, 0.5) is 11.4 Å². The molecule has 6 atom stereocenters. The first-order valence-corrected chi connectivity index (χ1v) is 11.5. The molecule has 0 unspecified atom stereocenters. The van der Waals surface area contributed by atoms with Crippen LogP contribution < -0.4 is 4.90 Å². The summed E-state index contributed by atoms with van der Waals surface area (Å²) in [6.07, 6.45) is 5.28. The van der Waals surface area contributed by atoms with E-state index in [2.05, 4.69) is 12.2 Å². The lowest BCUT2D eigenvalue weighted by molar-refractivity contribution is -0.384. The fourth-order valence-electron chi connectivity index (χ4n) is 6.05. The van der Waals surface area contributed by atoms with Crippen molar-refractivity contribution in [3.8, 4) is 0 Å². The highest BCUT2D eigenvalue weighted by atomic mass is 16.6. The van der Waals surface area contributed by atoms with Crippen LogP contribution in [0.25, 0.3) is 0 Å². The molecule has 2 aromatic carbocycles. The molecule has 176 valence electrons. The number of imide groups is 1. The lowest BCUT2D eigenvalue weighted by Crippen LogP contribution is -2.40. The van der Waals surface area contributed by atoms with Gasteiger partial charge >= 0.3 is 5.97 Å². The Balaban J connectivity index is 1.16. The normalized spacial score (nSPS) is 29.5. The third kappa shape index (κ3) is 3.30. The number of ketones is 1. The molecule has 2 amide bonds. The zero-order valence-corrected chi connectivity index (χ0v) is 18.4. The third-order valence-electron chi connectivity index (χ3n) is 7.74. The maximum Gasteiger partial charge on any atom is 0.338 e. The number of nitrogens with zero attached hydrogens (tertiary/aromatic N) is 2. The molecule has 0 N–H and O–H groups in total.